The maximum Gasteiger partial charge on any atom is 0.149 e. The Labute approximate surface area is 128 Å². The summed E-state index contributed by atoms with van der Waals surface area (Å²) >= 11 is 0. The van der Waals surface area contributed by atoms with E-state index in [9.17, 15) is 8.78 Å². The van der Waals surface area contributed by atoms with Crippen LogP contribution < -0.4 is 4.90 Å². The van der Waals surface area contributed by atoms with Crippen molar-refractivity contribution in [2.24, 2.45) is 0 Å². The van der Waals surface area contributed by atoms with Crippen molar-refractivity contribution in [1.29, 1.82) is 0 Å². The molecule has 1 aliphatic rings. The number of nitrogens with zero attached hydrogens (tertiary/aromatic N) is 4. The molecule has 0 unspecified atom stereocenters. The maximum atomic E-state index is 13.8. The number of piperazine rings is 1. The molecular formula is C16H18F2N4. The van der Waals surface area contributed by atoms with E-state index in [1.165, 1.54) is 18.2 Å². The molecule has 0 atom stereocenters. The van der Waals surface area contributed by atoms with Crippen LogP contribution in [0.5, 0.6) is 0 Å². The molecule has 116 valence electrons. The van der Waals surface area contributed by atoms with Gasteiger partial charge in [0.2, 0.25) is 0 Å². The fraction of sp³-hybridized carbons (Fsp3) is 0.375. The number of para-hydroxylation sites is 1. The molecule has 1 fully saturated rings. The first-order valence-corrected chi connectivity index (χ1v) is 7.40. The molecule has 1 aromatic carbocycles. The summed E-state index contributed by atoms with van der Waals surface area (Å²) in [5, 5.41) is 0. The SMILES string of the molecule is Fc1cccc(F)c1N1CCN(CCc2cnccn2)CC1. The van der Waals surface area contributed by atoms with E-state index in [1.807, 2.05) is 0 Å². The molecule has 0 saturated carbocycles. The van der Waals surface area contributed by atoms with Gasteiger partial charge in [0.25, 0.3) is 0 Å². The van der Waals surface area contributed by atoms with Crippen LogP contribution in [0.15, 0.2) is 36.8 Å². The van der Waals surface area contributed by atoms with Gasteiger partial charge in [0, 0.05) is 57.7 Å². The quantitative estimate of drug-likeness (QED) is 0.866. The van der Waals surface area contributed by atoms with Crippen molar-refractivity contribution < 1.29 is 8.78 Å². The minimum Gasteiger partial charge on any atom is -0.364 e. The number of anilines is 1. The van der Waals surface area contributed by atoms with Gasteiger partial charge in [-0.25, -0.2) is 8.78 Å². The highest BCUT2D eigenvalue weighted by Gasteiger charge is 2.21. The average molecular weight is 304 g/mol. The molecule has 0 aliphatic carbocycles. The molecule has 0 spiro atoms. The molecule has 2 aromatic rings. The molecule has 1 saturated heterocycles. The molecule has 0 amide bonds. The highest BCUT2D eigenvalue weighted by molar-refractivity contribution is 5.49. The summed E-state index contributed by atoms with van der Waals surface area (Å²) in [6, 6.07) is 4.00. The zero-order valence-corrected chi connectivity index (χ0v) is 12.3. The van der Waals surface area contributed by atoms with Crippen LogP contribution in [0, 0.1) is 11.6 Å². The van der Waals surface area contributed by atoms with Crippen LogP contribution >= 0.6 is 0 Å². The monoisotopic (exact) mass is 304 g/mol. The highest BCUT2D eigenvalue weighted by atomic mass is 19.1. The Hall–Kier alpha value is -2.08. The number of aromatic nitrogens is 2. The normalized spacial score (nSPS) is 16.0. The largest absolute Gasteiger partial charge is 0.364 e. The van der Waals surface area contributed by atoms with Crippen molar-refractivity contribution in [2.45, 2.75) is 6.42 Å². The molecule has 4 nitrogen and oxygen atoms in total. The number of hydrogen-bond donors (Lipinski definition) is 0. The molecule has 0 bridgehead atoms. The predicted molar refractivity (Wildman–Crippen MR) is 80.7 cm³/mol. The van der Waals surface area contributed by atoms with Crippen LogP contribution in [0.4, 0.5) is 14.5 Å². The van der Waals surface area contributed by atoms with E-state index in [1.54, 1.807) is 23.5 Å². The van der Waals surface area contributed by atoms with Gasteiger partial charge >= 0.3 is 0 Å². The van der Waals surface area contributed by atoms with Crippen molar-refractivity contribution in [3.05, 3.63) is 54.1 Å². The van der Waals surface area contributed by atoms with Crippen molar-refractivity contribution in [1.82, 2.24) is 14.9 Å². The van der Waals surface area contributed by atoms with Gasteiger partial charge in [-0.2, -0.15) is 0 Å². The molecule has 1 aliphatic heterocycles. The number of hydrogen-bond acceptors (Lipinski definition) is 4. The van der Waals surface area contributed by atoms with Crippen molar-refractivity contribution in [3.63, 3.8) is 0 Å². The predicted octanol–water partition coefficient (Wildman–Crippen LogP) is 2.12. The fourth-order valence-corrected chi connectivity index (χ4v) is 2.72. The van der Waals surface area contributed by atoms with E-state index in [-0.39, 0.29) is 5.69 Å². The van der Waals surface area contributed by atoms with Crippen LogP contribution in [0.3, 0.4) is 0 Å². The Morgan fingerprint density at radius 1 is 1.00 bits per heavy atom. The van der Waals surface area contributed by atoms with E-state index in [2.05, 4.69) is 14.9 Å². The second kappa shape index (κ2) is 6.79. The number of rotatable bonds is 4. The lowest BCUT2D eigenvalue weighted by Gasteiger charge is -2.36. The van der Waals surface area contributed by atoms with Crippen LogP contribution in [0.2, 0.25) is 0 Å². The number of benzene rings is 1. The minimum atomic E-state index is -0.493. The van der Waals surface area contributed by atoms with Crippen LogP contribution in [0.25, 0.3) is 0 Å². The first-order chi connectivity index (χ1) is 10.7. The van der Waals surface area contributed by atoms with Gasteiger partial charge in [0.15, 0.2) is 0 Å². The van der Waals surface area contributed by atoms with E-state index in [0.29, 0.717) is 13.1 Å². The third kappa shape index (κ3) is 3.39. The topological polar surface area (TPSA) is 32.3 Å². The summed E-state index contributed by atoms with van der Waals surface area (Å²) in [6.07, 6.45) is 5.95. The van der Waals surface area contributed by atoms with Crippen LogP contribution in [-0.2, 0) is 6.42 Å². The van der Waals surface area contributed by atoms with Crippen molar-refractivity contribution in [2.75, 3.05) is 37.6 Å². The lowest BCUT2D eigenvalue weighted by molar-refractivity contribution is 0.258. The van der Waals surface area contributed by atoms with Gasteiger partial charge in [-0.15, -0.1) is 0 Å². The van der Waals surface area contributed by atoms with Gasteiger partial charge in [0.1, 0.15) is 17.3 Å². The Bertz CT molecular complexity index is 593. The van der Waals surface area contributed by atoms with Crippen molar-refractivity contribution in [3.8, 4) is 0 Å². The zero-order valence-electron chi connectivity index (χ0n) is 12.3. The zero-order chi connectivity index (χ0) is 15.4. The minimum absolute atomic E-state index is 0.0936. The summed E-state index contributed by atoms with van der Waals surface area (Å²) in [5.41, 5.74) is 1.06. The third-order valence-corrected chi connectivity index (χ3v) is 3.93. The van der Waals surface area contributed by atoms with E-state index in [4.69, 9.17) is 0 Å². The smallest absolute Gasteiger partial charge is 0.149 e. The first kappa shape index (κ1) is 14.8. The summed E-state index contributed by atoms with van der Waals surface area (Å²) in [6.45, 7) is 3.70. The van der Waals surface area contributed by atoms with Gasteiger partial charge in [0.05, 0.1) is 5.69 Å². The van der Waals surface area contributed by atoms with Gasteiger partial charge < -0.3 is 4.90 Å². The fourth-order valence-electron chi connectivity index (χ4n) is 2.72. The van der Waals surface area contributed by atoms with E-state index in [0.717, 1.165) is 31.7 Å². The Balaban J connectivity index is 1.54. The molecule has 0 radical (unpaired) electrons. The molecule has 22 heavy (non-hydrogen) atoms. The maximum absolute atomic E-state index is 13.8. The number of halogens is 2. The second-order valence-corrected chi connectivity index (χ2v) is 5.35. The standard InChI is InChI=1S/C16H18F2N4/c17-14-2-1-3-15(18)16(14)22-10-8-21(9-11-22)7-4-13-12-19-5-6-20-13/h1-3,5-6,12H,4,7-11H2. The van der Waals surface area contributed by atoms with Crippen LogP contribution in [0.1, 0.15) is 5.69 Å². The van der Waals surface area contributed by atoms with Gasteiger partial charge in [-0.05, 0) is 12.1 Å². The van der Waals surface area contributed by atoms with Gasteiger partial charge in [-0.3, -0.25) is 14.9 Å². The Morgan fingerprint density at radius 2 is 1.73 bits per heavy atom. The summed E-state index contributed by atoms with van der Waals surface area (Å²) < 4.78 is 27.6. The highest BCUT2D eigenvalue weighted by Crippen LogP contribution is 2.24. The van der Waals surface area contributed by atoms with Gasteiger partial charge in [-0.1, -0.05) is 6.07 Å². The van der Waals surface area contributed by atoms with E-state index >= 15 is 0 Å². The Kier molecular flexibility index (Phi) is 4.58. The summed E-state index contributed by atoms with van der Waals surface area (Å²) in [4.78, 5) is 12.4. The molecule has 2 heterocycles. The lowest BCUT2D eigenvalue weighted by Crippen LogP contribution is -2.47. The molecular weight excluding hydrogens is 286 g/mol. The molecule has 1 aromatic heterocycles. The second-order valence-electron chi connectivity index (χ2n) is 5.35. The third-order valence-electron chi connectivity index (χ3n) is 3.93. The van der Waals surface area contributed by atoms with Crippen LogP contribution in [-0.4, -0.2) is 47.6 Å². The van der Waals surface area contributed by atoms with Crippen molar-refractivity contribution >= 4 is 5.69 Å². The summed E-state index contributed by atoms with van der Waals surface area (Å²) in [5.74, 6) is -0.985. The molecule has 6 heteroatoms. The Morgan fingerprint density at radius 3 is 2.36 bits per heavy atom. The molecule has 0 N–H and O–H groups in total. The first-order valence-electron chi connectivity index (χ1n) is 7.40. The van der Waals surface area contributed by atoms with E-state index < -0.39 is 11.6 Å². The average Bonchev–Trinajstić information content (AvgIpc) is 2.55. The molecule has 3 rings (SSSR count). The summed E-state index contributed by atoms with van der Waals surface area (Å²) in [7, 11) is 0. The lowest BCUT2D eigenvalue weighted by atomic mass is 10.2.